The average Bonchev–Trinajstić information content (AvgIpc) is 0.857. The van der Waals surface area contributed by atoms with Crippen LogP contribution in [-0.2, 0) is 59.0 Å². The normalized spacial score (nSPS) is 11.5. The first-order valence-electron chi connectivity index (χ1n) is 38.6. The van der Waals surface area contributed by atoms with Crippen LogP contribution >= 0.6 is 169 Å². The lowest BCUT2D eigenvalue weighted by Crippen LogP contribution is -2.35. The molecule has 0 aliphatic heterocycles. The molecule has 2 heterocycles. The molecular formula is C88H91N9O20S14. The molecule has 131 heavy (non-hydrogen) atoms. The Kier molecular flexibility index (Phi) is 53.5. The molecule has 0 saturated heterocycles. The van der Waals surface area contributed by atoms with Gasteiger partial charge in [-0.2, -0.15) is 0 Å². The summed E-state index contributed by atoms with van der Waals surface area (Å²) < 4.78 is 11.4. The summed E-state index contributed by atoms with van der Waals surface area (Å²) >= 11 is 45.6. The van der Waals surface area contributed by atoms with Gasteiger partial charge in [0, 0.05) is 138 Å². The number of hydrogen-bond acceptors (Lipinski definition) is 34. The van der Waals surface area contributed by atoms with Gasteiger partial charge in [0.2, 0.25) is 10.2 Å². The van der Waals surface area contributed by atoms with Crippen molar-refractivity contribution in [3.05, 3.63) is 263 Å². The van der Waals surface area contributed by atoms with Gasteiger partial charge >= 0.3 is 29.8 Å². The Morgan fingerprint density at radius 2 is 0.702 bits per heavy atom. The Hall–Kier alpha value is -9.85. The van der Waals surface area contributed by atoms with Crippen molar-refractivity contribution >= 4 is 258 Å². The van der Waals surface area contributed by atoms with E-state index in [2.05, 4.69) is 45.9 Å². The maximum absolute atomic E-state index is 12.4. The maximum atomic E-state index is 12.4. The Morgan fingerprint density at radius 1 is 0.382 bits per heavy atom. The van der Waals surface area contributed by atoms with E-state index < -0.39 is 60.1 Å². The van der Waals surface area contributed by atoms with E-state index in [1.54, 1.807) is 128 Å². The smallest absolute Gasteiger partial charge is 0.324 e. The minimum absolute atomic E-state index is 0.0526. The van der Waals surface area contributed by atoms with Crippen LogP contribution in [0, 0.1) is 0 Å². The van der Waals surface area contributed by atoms with Crippen molar-refractivity contribution in [1.82, 2.24) is 20.6 Å². The number of phenolic OH excluding ortho intramolecular Hbond substituents is 2. The van der Waals surface area contributed by atoms with Crippen LogP contribution in [0.25, 0.3) is 0 Å². The van der Waals surface area contributed by atoms with Crippen molar-refractivity contribution in [2.75, 3.05) is 26.3 Å². The molecule has 0 fully saturated rings. The zero-order valence-electron chi connectivity index (χ0n) is 69.6. The van der Waals surface area contributed by atoms with E-state index in [1.165, 1.54) is 50.1 Å². The van der Waals surface area contributed by atoms with Crippen LogP contribution in [0.2, 0.25) is 0 Å². The van der Waals surface area contributed by atoms with Gasteiger partial charge in [-0.15, -0.1) is 25.3 Å². The van der Waals surface area contributed by atoms with Crippen molar-refractivity contribution in [2.24, 2.45) is 28.7 Å². The van der Waals surface area contributed by atoms with E-state index in [0.29, 0.717) is 93.2 Å². The standard InChI is InChI=1S/C20H22N2O5S2.C19H21N3O3S2.C16H14N2O4S2.C12H13NO4S2.C12H13NO3S3.C9H8OS3/c21-14(20(26)27)6-8-18(25)29-17-4-2-1-3-13(17)19(28)22-10-9-12-5-7-15(23)16(24)11-12;20-15(18(23)24)8-3-4-11-22-17(26)14-7-1-2-9-16(14)27-19(25)13-6-5-10-21-12-13;17-12(14(19)20)9-22-16(23)11-5-1-2-6-13(11)24-15(21)10-4-3-7-18-8-10;1-7(14)19-10-5-3-2-4-8(10)12(18)17-6-9(13)11(15)16;13-8(11(15)16)5-6-10(14)19-9-4-2-1-3-7(9)12(17)18;1-6(10)13-8-5-3-2-4-7(8)9(11)12/h1-5,7,11,14,23-24H,6,8-10,21H2,(H,22,28)(H,26,27);1-2,5-7,9-10,12,15H,3-4,8,11,20H2,(H,22,26)(H,23,24);1-8,12H,9,17H2,(H,19,20);2-5,9H,6,13H2,1H3,(H,15,16);1-4,8H,5-6,13H2,(H,15,16)(H,17,18);2-5H,1H3,(H,11,12)/t14-;15-;12-;9-;8-;/m00000./s1. The molecule has 0 aliphatic carbocycles. The first-order valence-corrected chi connectivity index (χ1v) is 46.8. The molecular weight excluding hydrogens is 1950 g/mol. The molecule has 0 spiro atoms. The van der Waals surface area contributed by atoms with Crippen LogP contribution in [0.1, 0.15) is 118 Å². The molecule has 43 heteroatoms. The molecule has 692 valence electrons. The fourth-order valence-electron chi connectivity index (χ4n) is 9.81. The van der Waals surface area contributed by atoms with Gasteiger partial charge in [-0.3, -0.25) is 62.7 Å². The number of carboxylic acids is 5. The Bertz CT molecular complexity index is 5500. The van der Waals surface area contributed by atoms with Crippen LogP contribution in [0.5, 0.6) is 11.5 Å². The van der Waals surface area contributed by atoms with Crippen LogP contribution < -0.4 is 39.3 Å². The number of aromatic nitrogens is 2. The average molecular weight is 2040 g/mol. The second kappa shape index (κ2) is 61.8. The van der Waals surface area contributed by atoms with Crippen LogP contribution in [-0.4, -0.2) is 191 Å². The van der Waals surface area contributed by atoms with Crippen molar-refractivity contribution < 1.29 is 98.0 Å². The summed E-state index contributed by atoms with van der Waals surface area (Å²) in [7, 11) is 0. The molecule has 0 saturated carbocycles. The highest BCUT2D eigenvalue weighted by molar-refractivity contribution is 8.16. The topological polar surface area (TPSA) is 528 Å². The summed E-state index contributed by atoms with van der Waals surface area (Å²) in [6, 6.07) is 49.5. The third-order valence-electron chi connectivity index (χ3n) is 16.5. The number of thiocarbonyl (C=S) groups is 6. The number of nitrogens with two attached hydrogens (primary N) is 5. The summed E-state index contributed by atoms with van der Waals surface area (Å²) in [6.45, 7) is 3.63. The summed E-state index contributed by atoms with van der Waals surface area (Å²) in [4.78, 5) is 137. The van der Waals surface area contributed by atoms with E-state index in [1.807, 2.05) is 60.7 Å². The lowest BCUT2D eigenvalue weighted by molar-refractivity contribution is -0.140. The van der Waals surface area contributed by atoms with Crippen molar-refractivity contribution in [1.29, 1.82) is 0 Å². The number of benzene rings is 7. The number of carbonyl (C=O) groups is 11. The van der Waals surface area contributed by atoms with Crippen LogP contribution in [0.4, 0.5) is 0 Å². The number of thioether (sulfide) groups is 6. The number of aromatic hydroxyl groups is 2. The van der Waals surface area contributed by atoms with E-state index >= 15 is 0 Å². The molecule has 0 radical (unpaired) electrons. The van der Waals surface area contributed by atoms with Crippen molar-refractivity contribution in [2.45, 2.75) is 125 Å². The second-order valence-corrected chi connectivity index (χ2v) is 37.1. The number of carbonyl (C=O) groups excluding carboxylic acids is 6. The SMILES string of the molecule is CC(=O)Sc1ccccc1C(=S)OC[C@H](N)C(=O)O.CC(=O)Sc1ccccc1C(=S)S.N[C@@H](CCC(=O)Sc1ccccc1C(=S)NCCc1ccc(O)c(O)c1)C(=O)O.N[C@@H](CCC(=O)Sc1ccccc1C(=S)S)C(=O)O.N[C@@H](CCCCNC(=S)c1ccccc1SC(=O)c1cccnc1)C(=O)O.N[C@@H](COC(=S)c1ccccc1SC(=O)c1cccnc1)C(=O)O. The third kappa shape index (κ3) is 44.0. The lowest BCUT2D eigenvalue weighted by atomic mass is 10.1. The zero-order chi connectivity index (χ0) is 97.2. The summed E-state index contributed by atoms with van der Waals surface area (Å²) in [5.74, 6) is -5.89. The number of unbranched alkanes of at least 4 members (excludes halogenated alkanes) is 1. The number of pyridine rings is 2. The third-order valence-corrected chi connectivity index (χ3v) is 24.6. The quantitative estimate of drug-likeness (QED) is 0.00565. The first kappa shape index (κ1) is 113. The molecule has 19 N–H and O–H groups in total. The fourth-order valence-corrected chi connectivity index (χ4v) is 17.1. The highest BCUT2D eigenvalue weighted by Crippen LogP contribution is 2.33. The lowest BCUT2D eigenvalue weighted by Gasteiger charge is -2.13. The fraction of sp³-hybridized carbons (Fsp3) is 0.216. The van der Waals surface area contributed by atoms with Gasteiger partial charge in [-0.05, 0) is 177 Å². The monoisotopic (exact) mass is 2040 g/mol. The summed E-state index contributed by atoms with van der Waals surface area (Å²) in [5, 5.41) is 68.4. The van der Waals surface area contributed by atoms with Gasteiger partial charge in [0.25, 0.3) is 0 Å². The van der Waals surface area contributed by atoms with E-state index in [-0.39, 0.29) is 91.2 Å². The predicted octanol–water partition coefficient (Wildman–Crippen LogP) is 13.9. The molecule has 9 rings (SSSR count). The number of rotatable bonds is 37. The minimum atomic E-state index is -1.17. The number of phenols is 2. The molecule has 0 bridgehead atoms. The van der Waals surface area contributed by atoms with E-state index in [4.69, 9.17) is 137 Å². The summed E-state index contributed by atoms with van der Waals surface area (Å²) in [6.07, 6.45) is 9.04. The number of carboxylic acid groups (broad SMARTS) is 5. The number of nitrogens with zero attached hydrogens (tertiary/aromatic N) is 2. The molecule has 7 aromatic carbocycles. The van der Waals surface area contributed by atoms with Crippen LogP contribution in [0.3, 0.4) is 0 Å². The molecule has 2 aromatic heterocycles. The minimum Gasteiger partial charge on any atom is -0.504 e. The van der Waals surface area contributed by atoms with E-state index in [9.17, 15) is 63.0 Å². The molecule has 5 atom stereocenters. The van der Waals surface area contributed by atoms with Crippen LogP contribution in [0.15, 0.2) is 242 Å². The molecule has 0 unspecified atom stereocenters. The zero-order valence-corrected chi connectivity index (χ0v) is 81.2. The Balaban J connectivity index is 0.000000334. The highest BCUT2D eigenvalue weighted by Gasteiger charge is 2.23. The van der Waals surface area contributed by atoms with Crippen molar-refractivity contribution in [3.63, 3.8) is 0 Å². The number of thiol groups is 2. The predicted molar refractivity (Wildman–Crippen MR) is 542 cm³/mol. The van der Waals surface area contributed by atoms with Crippen molar-refractivity contribution in [3.8, 4) is 11.5 Å². The van der Waals surface area contributed by atoms with Gasteiger partial charge in [0.15, 0.2) is 42.1 Å². The largest absolute Gasteiger partial charge is 0.504 e. The number of ether oxygens (including phenoxy) is 2. The van der Waals surface area contributed by atoms with Gasteiger partial charge in [0.1, 0.15) is 53.4 Å². The number of aliphatic carboxylic acids is 5. The Labute approximate surface area is 823 Å². The highest BCUT2D eigenvalue weighted by atomic mass is 32.2. The van der Waals surface area contributed by atoms with E-state index in [0.717, 1.165) is 102 Å². The first-order chi connectivity index (χ1) is 62.2. The Morgan fingerprint density at radius 3 is 1.05 bits per heavy atom. The molecule has 0 amide bonds. The summed E-state index contributed by atoms with van der Waals surface area (Å²) in [5.41, 5.74) is 33.0. The second-order valence-electron chi connectivity index (χ2n) is 26.6. The molecule has 9 aromatic rings. The van der Waals surface area contributed by atoms with Gasteiger partial charge in [0.05, 0.1) is 8.39 Å². The molecule has 0 aliphatic rings. The number of nitrogens with one attached hydrogen (secondary N) is 2. The maximum Gasteiger partial charge on any atom is 0.324 e. The number of hydrogen-bond donors (Lipinski definition) is 16. The van der Waals surface area contributed by atoms with Gasteiger partial charge < -0.3 is 84.5 Å². The van der Waals surface area contributed by atoms with Gasteiger partial charge in [-0.25, -0.2) is 0 Å². The molecule has 29 nitrogen and oxygen atoms in total. The van der Waals surface area contributed by atoms with Gasteiger partial charge in [-0.1, -0.05) is 199 Å².